The minimum atomic E-state index is -0.124. The predicted molar refractivity (Wildman–Crippen MR) is 151 cm³/mol. The van der Waals surface area contributed by atoms with Gasteiger partial charge in [-0.2, -0.15) is 0 Å². The fraction of sp³-hybridized carbons (Fsp3) is 0.200. The molecule has 0 unspecified atom stereocenters. The summed E-state index contributed by atoms with van der Waals surface area (Å²) in [5, 5.41) is 9.69. The molecule has 9 heteroatoms. The van der Waals surface area contributed by atoms with Gasteiger partial charge in [0.05, 0.1) is 54.6 Å². The summed E-state index contributed by atoms with van der Waals surface area (Å²) >= 11 is 0. The highest BCUT2D eigenvalue weighted by atomic mass is 16.5. The molecule has 1 aliphatic rings. The number of para-hydroxylation sites is 3. The molecule has 1 N–H and O–H groups in total. The quantitative estimate of drug-likeness (QED) is 0.358. The molecule has 0 spiro atoms. The number of aromatic amines is 1. The molecule has 0 amide bonds. The SMILES string of the molecule is O=c1c(-c2nc3ccccc3[nH]2)cc2ccccc2n1Cc1cn(Cc2ccc(N3CCOCC3)cc2)nn1. The van der Waals surface area contributed by atoms with Gasteiger partial charge in [-0.05, 0) is 47.3 Å². The van der Waals surface area contributed by atoms with Crippen molar-refractivity contribution < 1.29 is 4.74 Å². The van der Waals surface area contributed by atoms with Crippen molar-refractivity contribution in [2.24, 2.45) is 0 Å². The van der Waals surface area contributed by atoms with Gasteiger partial charge >= 0.3 is 0 Å². The summed E-state index contributed by atoms with van der Waals surface area (Å²) in [7, 11) is 0. The third-order valence-corrected chi connectivity index (χ3v) is 7.21. The third-order valence-electron chi connectivity index (χ3n) is 7.21. The number of H-pyrrole nitrogens is 1. The smallest absolute Gasteiger partial charge is 0.262 e. The van der Waals surface area contributed by atoms with Crippen molar-refractivity contribution in [2.45, 2.75) is 13.1 Å². The Morgan fingerprint density at radius 2 is 1.69 bits per heavy atom. The molecule has 9 nitrogen and oxygen atoms in total. The van der Waals surface area contributed by atoms with Gasteiger partial charge in [-0.15, -0.1) is 5.10 Å². The van der Waals surface area contributed by atoms with Crippen LogP contribution in [0, 0.1) is 0 Å². The molecule has 3 aromatic heterocycles. The maximum absolute atomic E-state index is 13.8. The highest BCUT2D eigenvalue weighted by Crippen LogP contribution is 2.22. The van der Waals surface area contributed by atoms with Crippen LogP contribution in [0.3, 0.4) is 0 Å². The number of pyridine rings is 1. The van der Waals surface area contributed by atoms with E-state index < -0.39 is 0 Å². The molecule has 39 heavy (non-hydrogen) atoms. The van der Waals surface area contributed by atoms with Crippen LogP contribution in [-0.2, 0) is 17.8 Å². The van der Waals surface area contributed by atoms with Gasteiger partial charge in [-0.1, -0.05) is 47.7 Å². The van der Waals surface area contributed by atoms with Gasteiger partial charge in [0.1, 0.15) is 11.5 Å². The molecule has 194 valence electrons. The first-order valence-corrected chi connectivity index (χ1v) is 13.1. The van der Waals surface area contributed by atoms with E-state index in [9.17, 15) is 4.79 Å². The molecular formula is C30H27N7O2. The molecule has 0 radical (unpaired) electrons. The first kappa shape index (κ1) is 23.4. The topological polar surface area (TPSA) is 93.9 Å². The number of hydrogen-bond acceptors (Lipinski definition) is 6. The Labute approximate surface area is 224 Å². The Morgan fingerprint density at radius 3 is 2.54 bits per heavy atom. The lowest BCUT2D eigenvalue weighted by Gasteiger charge is -2.28. The fourth-order valence-corrected chi connectivity index (χ4v) is 5.21. The number of imidazole rings is 1. The molecule has 4 heterocycles. The number of aromatic nitrogens is 6. The Balaban J connectivity index is 1.17. The third kappa shape index (κ3) is 4.57. The van der Waals surface area contributed by atoms with Crippen LogP contribution in [0.15, 0.2) is 89.9 Å². The molecule has 6 aromatic rings. The minimum absolute atomic E-state index is 0.124. The number of nitrogens with zero attached hydrogens (tertiary/aromatic N) is 6. The Bertz CT molecular complexity index is 1800. The summed E-state index contributed by atoms with van der Waals surface area (Å²) in [6.45, 7) is 4.27. The van der Waals surface area contributed by atoms with E-state index in [0.717, 1.165) is 53.8 Å². The van der Waals surface area contributed by atoms with Gasteiger partial charge in [0.2, 0.25) is 0 Å². The van der Waals surface area contributed by atoms with Crippen LogP contribution < -0.4 is 10.5 Å². The van der Waals surface area contributed by atoms with Crippen LogP contribution in [0.1, 0.15) is 11.3 Å². The molecule has 0 atom stereocenters. The van der Waals surface area contributed by atoms with Gasteiger partial charge in [0.15, 0.2) is 0 Å². The van der Waals surface area contributed by atoms with E-state index in [1.165, 1.54) is 5.69 Å². The average molecular weight is 518 g/mol. The molecule has 3 aromatic carbocycles. The van der Waals surface area contributed by atoms with E-state index in [1.807, 2.05) is 65.5 Å². The lowest BCUT2D eigenvalue weighted by molar-refractivity contribution is 0.122. The van der Waals surface area contributed by atoms with Crippen molar-refractivity contribution in [3.8, 4) is 11.4 Å². The van der Waals surface area contributed by atoms with E-state index in [0.29, 0.717) is 30.2 Å². The summed E-state index contributed by atoms with van der Waals surface area (Å²) in [4.78, 5) is 24.1. The number of benzene rings is 3. The molecule has 0 aliphatic carbocycles. The van der Waals surface area contributed by atoms with Crippen LogP contribution in [0.25, 0.3) is 33.3 Å². The van der Waals surface area contributed by atoms with Crippen LogP contribution >= 0.6 is 0 Å². The molecular weight excluding hydrogens is 490 g/mol. The van der Waals surface area contributed by atoms with Crippen molar-refractivity contribution >= 4 is 27.6 Å². The summed E-state index contributed by atoms with van der Waals surface area (Å²) in [5.41, 5.74) is 6.03. The zero-order valence-electron chi connectivity index (χ0n) is 21.3. The summed E-state index contributed by atoms with van der Waals surface area (Å²) in [5.74, 6) is 0.560. The van der Waals surface area contributed by atoms with E-state index in [-0.39, 0.29) is 5.56 Å². The fourth-order valence-electron chi connectivity index (χ4n) is 5.21. The number of ether oxygens (including phenoxy) is 1. The van der Waals surface area contributed by atoms with E-state index in [1.54, 1.807) is 4.57 Å². The Morgan fingerprint density at radius 1 is 0.897 bits per heavy atom. The van der Waals surface area contributed by atoms with E-state index in [4.69, 9.17) is 4.74 Å². The number of anilines is 1. The Kier molecular flexibility index (Phi) is 5.90. The second-order valence-electron chi connectivity index (χ2n) is 9.78. The van der Waals surface area contributed by atoms with Gasteiger partial charge in [-0.25, -0.2) is 9.67 Å². The predicted octanol–water partition coefficient (Wildman–Crippen LogP) is 4.07. The first-order valence-electron chi connectivity index (χ1n) is 13.1. The van der Waals surface area contributed by atoms with E-state index in [2.05, 4.69) is 49.4 Å². The second kappa shape index (κ2) is 9.85. The lowest BCUT2D eigenvalue weighted by Crippen LogP contribution is -2.36. The maximum Gasteiger partial charge on any atom is 0.262 e. The van der Waals surface area contributed by atoms with Crippen LogP contribution in [0.2, 0.25) is 0 Å². The summed E-state index contributed by atoms with van der Waals surface area (Å²) < 4.78 is 9.02. The van der Waals surface area contributed by atoms with Gasteiger partial charge in [0, 0.05) is 18.8 Å². The second-order valence-corrected chi connectivity index (χ2v) is 9.78. The lowest BCUT2D eigenvalue weighted by atomic mass is 10.1. The monoisotopic (exact) mass is 517 g/mol. The summed E-state index contributed by atoms with van der Waals surface area (Å²) in [6, 6.07) is 26.1. The Hall–Kier alpha value is -4.76. The van der Waals surface area contributed by atoms with Crippen LogP contribution in [0.5, 0.6) is 0 Å². The normalized spacial score (nSPS) is 13.9. The minimum Gasteiger partial charge on any atom is -0.378 e. The van der Waals surface area contributed by atoms with Crippen molar-refractivity contribution in [1.29, 1.82) is 0 Å². The highest BCUT2D eigenvalue weighted by Gasteiger charge is 2.16. The number of rotatable bonds is 6. The zero-order valence-corrected chi connectivity index (χ0v) is 21.3. The molecule has 1 aliphatic heterocycles. The number of morpholine rings is 1. The average Bonchev–Trinajstić information content (AvgIpc) is 3.62. The summed E-state index contributed by atoms with van der Waals surface area (Å²) in [6.07, 6.45) is 1.91. The van der Waals surface area contributed by atoms with Crippen LogP contribution in [0.4, 0.5) is 5.69 Å². The van der Waals surface area contributed by atoms with Crippen molar-refractivity contribution in [3.05, 3.63) is 107 Å². The largest absolute Gasteiger partial charge is 0.378 e. The van der Waals surface area contributed by atoms with E-state index >= 15 is 0 Å². The number of nitrogens with one attached hydrogen (secondary N) is 1. The number of fused-ring (bicyclic) bond motifs is 2. The van der Waals surface area contributed by atoms with Gasteiger partial charge in [-0.3, -0.25) is 4.79 Å². The molecule has 1 saturated heterocycles. The van der Waals surface area contributed by atoms with Crippen LogP contribution in [-0.4, -0.2) is 55.8 Å². The van der Waals surface area contributed by atoms with Gasteiger partial charge < -0.3 is 19.2 Å². The molecule has 1 fully saturated rings. The van der Waals surface area contributed by atoms with Crippen molar-refractivity contribution in [1.82, 2.24) is 29.5 Å². The zero-order chi connectivity index (χ0) is 26.2. The van der Waals surface area contributed by atoms with Crippen molar-refractivity contribution in [3.63, 3.8) is 0 Å². The highest BCUT2D eigenvalue weighted by molar-refractivity contribution is 5.85. The first-order chi connectivity index (χ1) is 19.2. The molecule has 0 bridgehead atoms. The standard InChI is InChI=1S/C30H27N7O2/c38-30-25(29-31-26-6-2-3-7-27(26)32-29)17-22-5-1-4-8-28(22)37(30)20-23-19-36(34-33-23)18-21-9-11-24(12-10-21)35-13-15-39-16-14-35/h1-12,17,19H,13-16,18,20H2,(H,31,32). The molecule has 0 saturated carbocycles. The van der Waals surface area contributed by atoms with Gasteiger partial charge in [0.25, 0.3) is 5.56 Å². The maximum atomic E-state index is 13.8. The van der Waals surface area contributed by atoms with Crippen molar-refractivity contribution in [2.75, 3.05) is 31.2 Å². The number of hydrogen-bond donors (Lipinski definition) is 1. The molecule has 7 rings (SSSR count).